The topological polar surface area (TPSA) is 12.5 Å². The zero-order valence-corrected chi connectivity index (χ0v) is 6.62. The number of rotatable bonds is 2. The van der Waals surface area contributed by atoms with Crippen LogP contribution in [0.4, 0.5) is 0 Å². The van der Waals surface area contributed by atoms with Crippen molar-refractivity contribution in [1.82, 2.24) is 4.90 Å². The van der Waals surface area contributed by atoms with Crippen LogP contribution in [-0.2, 0) is 4.74 Å². The van der Waals surface area contributed by atoms with Crippen molar-refractivity contribution in [2.45, 2.75) is 12.8 Å². The predicted octanol–water partition coefficient (Wildman–Crippen LogP) is 1.11. The van der Waals surface area contributed by atoms with Crippen LogP contribution in [-0.4, -0.2) is 31.8 Å². The molecule has 1 saturated heterocycles. The molecule has 56 valence electrons. The number of halogens is 1. The van der Waals surface area contributed by atoms with Crippen LogP contribution in [0.25, 0.3) is 0 Å². The molecule has 0 aromatic carbocycles. The summed E-state index contributed by atoms with van der Waals surface area (Å²) in [6.07, 6.45) is 2.70. The minimum atomic E-state index is 0. The van der Waals surface area contributed by atoms with Gasteiger partial charge in [0.15, 0.2) is 0 Å². The van der Waals surface area contributed by atoms with E-state index in [1.54, 1.807) is 7.11 Å². The summed E-state index contributed by atoms with van der Waals surface area (Å²) in [7, 11) is 1.75. The highest BCUT2D eigenvalue weighted by atomic mass is 35.5. The van der Waals surface area contributed by atoms with Gasteiger partial charge in [0.25, 0.3) is 0 Å². The molecule has 0 saturated carbocycles. The second-order valence-corrected chi connectivity index (χ2v) is 2.24. The fourth-order valence-electron chi connectivity index (χ4n) is 1.09. The van der Waals surface area contributed by atoms with Gasteiger partial charge in [-0.2, -0.15) is 0 Å². The van der Waals surface area contributed by atoms with Gasteiger partial charge in [0, 0.05) is 20.2 Å². The van der Waals surface area contributed by atoms with Crippen molar-refractivity contribution in [3.63, 3.8) is 0 Å². The summed E-state index contributed by atoms with van der Waals surface area (Å²) in [5.41, 5.74) is 0. The molecule has 0 spiro atoms. The van der Waals surface area contributed by atoms with Gasteiger partial charge < -0.3 is 4.74 Å². The Morgan fingerprint density at radius 1 is 1.33 bits per heavy atom. The van der Waals surface area contributed by atoms with Gasteiger partial charge in [0.1, 0.15) is 0 Å². The van der Waals surface area contributed by atoms with Crippen molar-refractivity contribution in [3.05, 3.63) is 0 Å². The average molecular weight is 152 g/mol. The lowest BCUT2D eigenvalue weighted by molar-refractivity contribution is 0.0807. The number of ether oxygens (including phenoxy) is 1. The first kappa shape index (κ1) is 9.21. The van der Waals surface area contributed by atoms with E-state index in [2.05, 4.69) is 4.90 Å². The lowest BCUT2D eigenvalue weighted by Crippen LogP contribution is -2.21. The van der Waals surface area contributed by atoms with E-state index in [0.717, 1.165) is 6.73 Å². The molecule has 0 aromatic rings. The second kappa shape index (κ2) is 5.03. The zero-order valence-electron chi connectivity index (χ0n) is 5.80. The van der Waals surface area contributed by atoms with Crippen LogP contribution in [0.5, 0.6) is 0 Å². The molecule has 0 radical (unpaired) electrons. The molecule has 0 unspecified atom stereocenters. The van der Waals surface area contributed by atoms with Crippen molar-refractivity contribution >= 4 is 12.4 Å². The number of hydrogen-bond acceptors (Lipinski definition) is 2. The van der Waals surface area contributed by atoms with Crippen molar-refractivity contribution in [1.29, 1.82) is 0 Å². The van der Waals surface area contributed by atoms with E-state index in [4.69, 9.17) is 4.74 Å². The summed E-state index contributed by atoms with van der Waals surface area (Å²) < 4.78 is 4.95. The van der Waals surface area contributed by atoms with Crippen LogP contribution in [0.2, 0.25) is 0 Å². The Balaban J connectivity index is 0.000000640. The van der Waals surface area contributed by atoms with E-state index in [1.165, 1.54) is 25.9 Å². The molecule has 1 aliphatic rings. The molecule has 1 fully saturated rings. The summed E-state index contributed by atoms with van der Waals surface area (Å²) in [5, 5.41) is 0. The fourth-order valence-corrected chi connectivity index (χ4v) is 1.09. The summed E-state index contributed by atoms with van der Waals surface area (Å²) in [6, 6.07) is 0. The maximum atomic E-state index is 4.95. The molecule has 1 heterocycles. The number of nitrogens with zero attached hydrogens (tertiary/aromatic N) is 1. The third-order valence-corrected chi connectivity index (χ3v) is 1.51. The third-order valence-electron chi connectivity index (χ3n) is 1.51. The molecular weight excluding hydrogens is 138 g/mol. The smallest absolute Gasteiger partial charge is 0.0986 e. The minimum Gasteiger partial charge on any atom is -0.369 e. The molecule has 0 aliphatic carbocycles. The molecule has 0 bridgehead atoms. The quantitative estimate of drug-likeness (QED) is 0.586. The van der Waals surface area contributed by atoms with Gasteiger partial charge in [0.2, 0.25) is 0 Å². The Morgan fingerprint density at radius 2 is 1.89 bits per heavy atom. The summed E-state index contributed by atoms with van der Waals surface area (Å²) in [5.74, 6) is 0. The van der Waals surface area contributed by atoms with Crippen LogP contribution in [0.1, 0.15) is 12.8 Å². The van der Waals surface area contributed by atoms with Crippen molar-refractivity contribution in [3.8, 4) is 0 Å². The lowest BCUT2D eigenvalue weighted by Gasteiger charge is -2.11. The molecule has 0 atom stereocenters. The van der Waals surface area contributed by atoms with E-state index < -0.39 is 0 Å². The minimum absolute atomic E-state index is 0. The van der Waals surface area contributed by atoms with Crippen molar-refractivity contribution < 1.29 is 4.74 Å². The van der Waals surface area contributed by atoms with Crippen LogP contribution in [0, 0.1) is 0 Å². The fraction of sp³-hybridized carbons (Fsp3) is 1.00. The van der Waals surface area contributed by atoms with Crippen molar-refractivity contribution in [2.75, 3.05) is 26.9 Å². The second-order valence-electron chi connectivity index (χ2n) is 2.24. The van der Waals surface area contributed by atoms with Gasteiger partial charge in [-0.3, -0.25) is 4.90 Å². The summed E-state index contributed by atoms with van der Waals surface area (Å²) in [6.45, 7) is 3.28. The van der Waals surface area contributed by atoms with Crippen LogP contribution in [0.3, 0.4) is 0 Å². The Morgan fingerprint density at radius 3 is 2.33 bits per heavy atom. The Labute approximate surface area is 62.6 Å². The first-order valence-corrected chi connectivity index (χ1v) is 3.15. The van der Waals surface area contributed by atoms with E-state index in [-0.39, 0.29) is 12.4 Å². The Bertz CT molecular complexity index is 64.1. The Hall–Kier alpha value is 0.210. The van der Waals surface area contributed by atoms with E-state index in [0.29, 0.717) is 0 Å². The maximum absolute atomic E-state index is 4.95. The highest BCUT2D eigenvalue weighted by Crippen LogP contribution is 2.05. The maximum Gasteiger partial charge on any atom is 0.0986 e. The molecule has 2 nitrogen and oxygen atoms in total. The molecular formula is C6H14ClNO. The number of hydrogen-bond donors (Lipinski definition) is 0. The first-order chi connectivity index (χ1) is 3.93. The molecule has 0 aromatic heterocycles. The molecule has 0 N–H and O–H groups in total. The zero-order chi connectivity index (χ0) is 5.82. The summed E-state index contributed by atoms with van der Waals surface area (Å²) in [4.78, 5) is 2.32. The predicted molar refractivity (Wildman–Crippen MR) is 39.9 cm³/mol. The Kier molecular flexibility index (Phi) is 5.15. The van der Waals surface area contributed by atoms with E-state index in [9.17, 15) is 0 Å². The summed E-state index contributed by atoms with van der Waals surface area (Å²) >= 11 is 0. The van der Waals surface area contributed by atoms with Crippen LogP contribution in [0.15, 0.2) is 0 Å². The van der Waals surface area contributed by atoms with Gasteiger partial charge in [-0.1, -0.05) is 0 Å². The molecule has 3 heteroatoms. The van der Waals surface area contributed by atoms with E-state index >= 15 is 0 Å². The standard InChI is InChI=1S/C6H13NO.ClH/c1-8-6-7-4-2-3-5-7;/h2-6H2,1H3;1H. The average Bonchev–Trinajstić information content (AvgIpc) is 2.19. The molecule has 1 rings (SSSR count). The van der Waals surface area contributed by atoms with E-state index in [1.807, 2.05) is 0 Å². The molecule has 0 amide bonds. The highest BCUT2D eigenvalue weighted by Gasteiger charge is 2.09. The van der Waals surface area contributed by atoms with Crippen LogP contribution >= 0.6 is 12.4 Å². The van der Waals surface area contributed by atoms with Gasteiger partial charge >= 0.3 is 0 Å². The molecule has 1 aliphatic heterocycles. The lowest BCUT2D eigenvalue weighted by atomic mass is 10.4. The first-order valence-electron chi connectivity index (χ1n) is 3.15. The largest absolute Gasteiger partial charge is 0.369 e. The molecule has 9 heavy (non-hydrogen) atoms. The highest BCUT2D eigenvalue weighted by molar-refractivity contribution is 5.85. The van der Waals surface area contributed by atoms with Gasteiger partial charge in [-0.15, -0.1) is 12.4 Å². The van der Waals surface area contributed by atoms with Gasteiger partial charge in [-0.25, -0.2) is 0 Å². The van der Waals surface area contributed by atoms with Crippen molar-refractivity contribution in [2.24, 2.45) is 0 Å². The normalized spacial score (nSPS) is 19.7. The monoisotopic (exact) mass is 151 g/mol. The van der Waals surface area contributed by atoms with Gasteiger partial charge in [0.05, 0.1) is 6.73 Å². The number of methoxy groups -OCH3 is 1. The number of likely N-dealkylation sites (tertiary alicyclic amines) is 1. The van der Waals surface area contributed by atoms with Crippen LogP contribution < -0.4 is 0 Å². The third kappa shape index (κ3) is 3.04. The SMILES string of the molecule is COCN1CCCC1.Cl. The van der Waals surface area contributed by atoms with Gasteiger partial charge in [-0.05, 0) is 12.8 Å².